The fourth-order valence-electron chi connectivity index (χ4n) is 0.768. The summed E-state index contributed by atoms with van der Waals surface area (Å²) >= 11 is 0. The lowest BCUT2D eigenvalue weighted by atomic mass is 10.1. The second-order valence-electron chi connectivity index (χ2n) is 3.68. The lowest BCUT2D eigenvalue weighted by Crippen LogP contribution is -2.24. The van der Waals surface area contributed by atoms with E-state index < -0.39 is 0 Å². The maximum Gasteiger partial charge on any atom is 0.0644 e. The normalized spacial score (nSPS) is 12.0. The predicted molar refractivity (Wildman–Crippen MR) is 51.4 cm³/mol. The van der Waals surface area contributed by atoms with Crippen LogP contribution in [0.4, 0.5) is 0 Å². The molecule has 2 heteroatoms. The molecule has 74 valence electrons. The predicted octanol–water partition coefficient (Wildman–Crippen LogP) is 2.62. The summed E-state index contributed by atoms with van der Waals surface area (Å²) in [5.74, 6) is 0. The third-order valence-electron chi connectivity index (χ3n) is 2.04. The summed E-state index contributed by atoms with van der Waals surface area (Å²) < 4.78 is 10.7. The van der Waals surface area contributed by atoms with Gasteiger partial charge in [0, 0.05) is 20.3 Å². The van der Waals surface area contributed by atoms with Gasteiger partial charge >= 0.3 is 0 Å². The maximum absolute atomic E-state index is 5.43. The highest BCUT2D eigenvalue weighted by Crippen LogP contribution is 2.12. The molecule has 0 spiro atoms. The van der Waals surface area contributed by atoms with Gasteiger partial charge in [-0.25, -0.2) is 0 Å². The van der Waals surface area contributed by atoms with Gasteiger partial charge in [0.25, 0.3) is 0 Å². The Bertz CT molecular complexity index is 100. The molecule has 0 aliphatic carbocycles. The molecule has 0 rings (SSSR count). The van der Waals surface area contributed by atoms with E-state index in [0.29, 0.717) is 0 Å². The van der Waals surface area contributed by atoms with E-state index in [0.717, 1.165) is 26.1 Å². The zero-order valence-corrected chi connectivity index (χ0v) is 8.85. The lowest BCUT2D eigenvalue weighted by Gasteiger charge is -2.22. The summed E-state index contributed by atoms with van der Waals surface area (Å²) in [5.41, 5.74) is -0.0355. The van der Waals surface area contributed by atoms with Crippen molar-refractivity contribution in [2.75, 3.05) is 20.3 Å². The minimum absolute atomic E-state index is 0.0355. The molecule has 0 aromatic heterocycles. The molecule has 0 bridgehead atoms. The summed E-state index contributed by atoms with van der Waals surface area (Å²) in [7, 11) is 1.74. The molecule has 0 amide bonds. The van der Waals surface area contributed by atoms with Gasteiger partial charge in [0.15, 0.2) is 0 Å². The molecule has 0 unspecified atom stereocenters. The van der Waals surface area contributed by atoms with Crippen molar-refractivity contribution in [3.8, 4) is 0 Å². The van der Waals surface area contributed by atoms with Gasteiger partial charge in [-0.3, -0.25) is 0 Å². The Labute approximate surface area is 76.3 Å². The van der Waals surface area contributed by atoms with Crippen LogP contribution >= 0.6 is 0 Å². The van der Waals surface area contributed by atoms with Crippen LogP contribution in [-0.4, -0.2) is 25.9 Å². The van der Waals surface area contributed by atoms with Crippen molar-refractivity contribution in [3.63, 3.8) is 0 Å². The topological polar surface area (TPSA) is 18.5 Å². The minimum atomic E-state index is -0.0355. The molecule has 0 aromatic carbocycles. The number of methoxy groups -OCH3 is 1. The van der Waals surface area contributed by atoms with Gasteiger partial charge in [-0.05, 0) is 26.7 Å². The van der Waals surface area contributed by atoms with E-state index in [-0.39, 0.29) is 5.60 Å². The fourth-order valence-corrected chi connectivity index (χ4v) is 0.768. The van der Waals surface area contributed by atoms with E-state index in [1.54, 1.807) is 7.11 Å². The Morgan fingerprint density at radius 3 is 2.33 bits per heavy atom. The van der Waals surface area contributed by atoms with E-state index in [1.165, 1.54) is 6.42 Å². The molecule has 0 saturated heterocycles. The first-order valence-corrected chi connectivity index (χ1v) is 4.75. The van der Waals surface area contributed by atoms with Gasteiger partial charge in [0.2, 0.25) is 0 Å². The van der Waals surface area contributed by atoms with E-state index >= 15 is 0 Å². The van der Waals surface area contributed by atoms with Crippen LogP contribution in [-0.2, 0) is 9.47 Å². The van der Waals surface area contributed by atoms with Gasteiger partial charge in [-0.15, -0.1) is 0 Å². The summed E-state index contributed by atoms with van der Waals surface area (Å²) in [4.78, 5) is 0. The Balaban J connectivity index is 3.19. The van der Waals surface area contributed by atoms with Crippen molar-refractivity contribution in [2.24, 2.45) is 0 Å². The van der Waals surface area contributed by atoms with Gasteiger partial charge in [-0.2, -0.15) is 0 Å². The number of hydrogen-bond donors (Lipinski definition) is 0. The van der Waals surface area contributed by atoms with Gasteiger partial charge < -0.3 is 9.47 Å². The van der Waals surface area contributed by atoms with Crippen molar-refractivity contribution in [3.05, 3.63) is 0 Å². The third kappa shape index (κ3) is 6.62. The highest BCUT2D eigenvalue weighted by molar-refractivity contribution is 4.66. The van der Waals surface area contributed by atoms with Gasteiger partial charge in [0.05, 0.1) is 5.60 Å². The lowest BCUT2D eigenvalue weighted by molar-refractivity contribution is -0.0100. The molecule has 0 fully saturated rings. The first kappa shape index (κ1) is 11.9. The van der Waals surface area contributed by atoms with Crippen molar-refractivity contribution in [1.29, 1.82) is 0 Å². The van der Waals surface area contributed by atoms with Crippen LogP contribution in [0.15, 0.2) is 0 Å². The summed E-state index contributed by atoms with van der Waals surface area (Å²) in [6, 6.07) is 0. The van der Waals surface area contributed by atoms with E-state index in [1.807, 2.05) is 0 Å². The largest absolute Gasteiger partial charge is 0.381 e. The van der Waals surface area contributed by atoms with Gasteiger partial charge in [0.1, 0.15) is 0 Å². The number of rotatable bonds is 7. The summed E-state index contributed by atoms with van der Waals surface area (Å²) in [6.07, 6.45) is 3.33. The average molecular weight is 174 g/mol. The quantitative estimate of drug-likeness (QED) is 0.552. The Kier molecular flexibility index (Phi) is 6.39. The van der Waals surface area contributed by atoms with Crippen LogP contribution in [0.2, 0.25) is 0 Å². The second-order valence-corrected chi connectivity index (χ2v) is 3.68. The van der Waals surface area contributed by atoms with E-state index in [2.05, 4.69) is 20.8 Å². The monoisotopic (exact) mass is 174 g/mol. The van der Waals surface area contributed by atoms with Crippen LogP contribution in [0, 0.1) is 0 Å². The molecule has 0 saturated carbocycles. The Morgan fingerprint density at radius 1 is 1.17 bits per heavy atom. The van der Waals surface area contributed by atoms with Crippen molar-refractivity contribution >= 4 is 0 Å². The summed E-state index contributed by atoms with van der Waals surface area (Å²) in [5, 5.41) is 0. The Hall–Kier alpha value is -0.0800. The molecule has 0 aliphatic rings. The minimum Gasteiger partial charge on any atom is -0.381 e. The Morgan fingerprint density at radius 2 is 1.83 bits per heavy atom. The zero-order valence-electron chi connectivity index (χ0n) is 8.85. The zero-order chi connectivity index (χ0) is 9.45. The van der Waals surface area contributed by atoms with Crippen molar-refractivity contribution in [2.45, 2.75) is 45.6 Å². The molecule has 0 aliphatic heterocycles. The van der Waals surface area contributed by atoms with Crippen molar-refractivity contribution < 1.29 is 9.47 Å². The van der Waals surface area contributed by atoms with E-state index in [9.17, 15) is 0 Å². The van der Waals surface area contributed by atoms with Crippen LogP contribution in [0.25, 0.3) is 0 Å². The molecule has 0 atom stereocenters. The highest BCUT2D eigenvalue weighted by atomic mass is 16.5. The first-order valence-electron chi connectivity index (χ1n) is 4.75. The molecule has 0 N–H and O–H groups in total. The molecule has 0 radical (unpaired) electrons. The average Bonchev–Trinajstić information content (AvgIpc) is 2.04. The van der Waals surface area contributed by atoms with Crippen LogP contribution in [0.1, 0.15) is 40.0 Å². The SMILES string of the molecule is CCCCOCCC(C)(C)OC. The van der Waals surface area contributed by atoms with Gasteiger partial charge in [-0.1, -0.05) is 13.3 Å². The number of unbranched alkanes of at least 4 members (excludes halogenated alkanes) is 1. The molecular weight excluding hydrogens is 152 g/mol. The maximum atomic E-state index is 5.43. The van der Waals surface area contributed by atoms with Crippen molar-refractivity contribution in [1.82, 2.24) is 0 Å². The molecular formula is C10H22O2. The molecule has 0 heterocycles. The number of hydrogen-bond acceptors (Lipinski definition) is 2. The summed E-state index contributed by atoms with van der Waals surface area (Å²) in [6.45, 7) is 8.02. The fraction of sp³-hybridized carbons (Fsp3) is 1.00. The molecule has 12 heavy (non-hydrogen) atoms. The smallest absolute Gasteiger partial charge is 0.0644 e. The molecule has 0 aromatic rings. The third-order valence-corrected chi connectivity index (χ3v) is 2.04. The van der Waals surface area contributed by atoms with Crippen LogP contribution in [0.3, 0.4) is 0 Å². The van der Waals surface area contributed by atoms with E-state index in [4.69, 9.17) is 9.47 Å². The number of ether oxygens (including phenoxy) is 2. The standard InChI is InChI=1S/C10H22O2/c1-5-6-8-12-9-7-10(2,3)11-4/h5-9H2,1-4H3. The van der Waals surface area contributed by atoms with Crippen LogP contribution < -0.4 is 0 Å². The van der Waals surface area contributed by atoms with Crippen LogP contribution in [0.5, 0.6) is 0 Å². The molecule has 2 nitrogen and oxygen atoms in total. The first-order chi connectivity index (χ1) is 5.62. The highest BCUT2D eigenvalue weighted by Gasteiger charge is 2.15. The second kappa shape index (κ2) is 6.44.